The quantitative estimate of drug-likeness (QED) is 0.815. The Morgan fingerprint density at radius 3 is 2.64 bits per heavy atom. The van der Waals surface area contributed by atoms with E-state index in [0.717, 1.165) is 0 Å². The van der Waals surface area contributed by atoms with Crippen LogP contribution in [0.25, 0.3) is 0 Å². The molecule has 0 aromatic heterocycles. The molecule has 1 unspecified atom stereocenters. The van der Waals surface area contributed by atoms with E-state index < -0.39 is 22.1 Å². The third-order valence-corrected chi connectivity index (χ3v) is 2.54. The average molecular weight is 239 g/mol. The van der Waals surface area contributed by atoms with Crippen LogP contribution in [0.3, 0.4) is 0 Å². The summed E-state index contributed by atoms with van der Waals surface area (Å²) in [6.07, 6.45) is -1.39. The maximum atomic E-state index is 12.2. The van der Waals surface area contributed by atoms with E-state index in [9.17, 15) is 17.4 Å². The van der Waals surface area contributed by atoms with Crippen LogP contribution in [0.4, 0.5) is 3.89 Å². The number of hydrogen-bond acceptors (Lipinski definition) is 3. The fourth-order valence-corrected chi connectivity index (χ4v) is 1.77. The molecule has 1 atom stereocenters. The maximum absolute atomic E-state index is 12.2. The molecule has 3 nitrogen and oxygen atoms in total. The minimum atomic E-state index is -4.68. The Labute approximate surface area is 86.3 Å². The topological polar surface area (TPSA) is 54.4 Å². The zero-order valence-corrected chi connectivity index (χ0v) is 8.59. The van der Waals surface area contributed by atoms with E-state index in [2.05, 4.69) is 0 Å². The molecule has 0 amide bonds. The maximum Gasteiger partial charge on any atom is 0.305 e. The summed E-state index contributed by atoms with van der Waals surface area (Å²) in [7, 11) is -4.68. The van der Waals surface area contributed by atoms with Gasteiger partial charge in [-0.15, -0.1) is 3.89 Å². The van der Waals surface area contributed by atoms with Gasteiger partial charge in [0.05, 0.1) is 6.10 Å². The Kier molecular flexibility index (Phi) is 3.47. The first kappa shape index (κ1) is 11.4. The first-order valence-corrected chi connectivity index (χ1v) is 5.67. The van der Waals surface area contributed by atoms with Crippen LogP contribution in [0.1, 0.15) is 11.7 Å². The van der Waals surface area contributed by atoms with Crippen molar-refractivity contribution in [2.75, 3.05) is 5.75 Å². The van der Waals surface area contributed by atoms with E-state index in [1.165, 1.54) is 12.1 Å². The van der Waals surface area contributed by atoms with Gasteiger partial charge in [0.1, 0.15) is 5.75 Å². The lowest BCUT2D eigenvalue weighted by atomic mass is 10.1. The third kappa shape index (κ3) is 3.61. The van der Waals surface area contributed by atoms with Crippen LogP contribution < -0.4 is 0 Å². The first-order valence-electron chi connectivity index (χ1n) is 3.74. The Morgan fingerprint density at radius 1 is 1.50 bits per heavy atom. The number of aliphatic hydroxyl groups is 1. The largest absolute Gasteiger partial charge is 0.387 e. The molecule has 1 N–H and O–H groups in total. The number of rotatable bonds is 3. The predicted molar refractivity (Wildman–Crippen MR) is 51.3 cm³/mol. The molecular weight excluding hydrogens is 231 g/mol. The number of halogens is 2. The molecule has 0 aliphatic heterocycles. The Bertz CT molecular complexity index is 418. The van der Waals surface area contributed by atoms with Gasteiger partial charge < -0.3 is 5.11 Å². The van der Waals surface area contributed by atoms with Crippen LogP contribution >= 0.6 is 11.6 Å². The van der Waals surface area contributed by atoms with Gasteiger partial charge in [0.2, 0.25) is 0 Å². The molecule has 1 aromatic rings. The molecule has 0 heterocycles. The highest BCUT2D eigenvalue weighted by Crippen LogP contribution is 2.19. The molecule has 1 aromatic carbocycles. The predicted octanol–water partition coefficient (Wildman–Crippen LogP) is 1.67. The second-order valence-electron chi connectivity index (χ2n) is 2.78. The lowest BCUT2D eigenvalue weighted by Gasteiger charge is -2.07. The van der Waals surface area contributed by atoms with Gasteiger partial charge in [-0.05, 0) is 17.7 Å². The smallest absolute Gasteiger partial charge is 0.305 e. The molecule has 0 spiro atoms. The highest BCUT2D eigenvalue weighted by Gasteiger charge is 2.17. The van der Waals surface area contributed by atoms with E-state index in [4.69, 9.17) is 11.6 Å². The summed E-state index contributed by atoms with van der Waals surface area (Å²) >= 11 is 5.61. The number of benzene rings is 1. The van der Waals surface area contributed by atoms with Crippen molar-refractivity contribution in [1.29, 1.82) is 0 Å². The summed E-state index contributed by atoms with van der Waals surface area (Å²) in [5, 5.41) is 9.66. The molecule has 0 aliphatic carbocycles. The highest BCUT2D eigenvalue weighted by molar-refractivity contribution is 7.86. The zero-order valence-electron chi connectivity index (χ0n) is 7.02. The third-order valence-electron chi connectivity index (χ3n) is 1.59. The van der Waals surface area contributed by atoms with Crippen LogP contribution in [-0.4, -0.2) is 19.3 Å². The Balaban J connectivity index is 2.85. The van der Waals surface area contributed by atoms with Crippen molar-refractivity contribution in [3.63, 3.8) is 0 Å². The molecule has 14 heavy (non-hydrogen) atoms. The lowest BCUT2D eigenvalue weighted by Crippen LogP contribution is -2.09. The van der Waals surface area contributed by atoms with Crippen LogP contribution in [0.5, 0.6) is 0 Å². The van der Waals surface area contributed by atoms with Crippen LogP contribution in [0, 0.1) is 0 Å². The van der Waals surface area contributed by atoms with E-state index in [-0.39, 0.29) is 5.56 Å². The number of aliphatic hydroxyl groups excluding tert-OH is 1. The molecule has 6 heteroatoms. The van der Waals surface area contributed by atoms with Crippen molar-refractivity contribution in [3.05, 3.63) is 34.9 Å². The van der Waals surface area contributed by atoms with E-state index in [1.807, 2.05) is 0 Å². The molecule has 78 valence electrons. The van der Waals surface area contributed by atoms with E-state index in [1.54, 1.807) is 12.1 Å². The van der Waals surface area contributed by atoms with Crippen molar-refractivity contribution in [2.24, 2.45) is 0 Å². The molecule has 0 fully saturated rings. The molecule has 0 saturated heterocycles. The van der Waals surface area contributed by atoms with Gasteiger partial charge in [-0.1, -0.05) is 23.7 Å². The molecule has 0 bridgehead atoms. The molecular formula is C8H8ClFO3S. The Morgan fingerprint density at radius 2 is 2.14 bits per heavy atom. The molecule has 1 rings (SSSR count). The van der Waals surface area contributed by atoms with Crippen LogP contribution in [0.2, 0.25) is 5.02 Å². The number of hydrogen-bond donors (Lipinski definition) is 1. The second kappa shape index (κ2) is 4.25. The minimum absolute atomic E-state index is 0.277. The van der Waals surface area contributed by atoms with Crippen LogP contribution in [0.15, 0.2) is 24.3 Å². The van der Waals surface area contributed by atoms with Crippen molar-refractivity contribution < 1.29 is 17.4 Å². The lowest BCUT2D eigenvalue weighted by molar-refractivity contribution is 0.200. The Hall–Kier alpha value is -0.650. The highest BCUT2D eigenvalue weighted by atomic mass is 35.5. The summed E-state index contributed by atoms with van der Waals surface area (Å²) in [4.78, 5) is 0. The standard InChI is InChI=1S/C8H8ClFO3S/c9-7-3-1-2-6(4-7)8(11)5-14(10,12)13/h1-4,8,11H,5H2. The summed E-state index contributed by atoms with van der Waals surface area (Å²) < 4.78 is 32.7. The molecule has 0 radical (unpaired) electrons. The summed E-state index contributed by atoms with van der Waals surface area (Å²) in [5.74, 6) is -0.951. The average Bonchev–Trinajstić information content (AvgIpc) is 2.01. The summed E-state index contributed by atoms with van der Waals surface area (Å²) in [5.41, 5.74) is 0.277. The van der Waals surface area contributed by atoms with Gasteiger partial charge in [0.25, 0.3) is 0 Å². The summed E-state index contributed by atoms with van der Waals surface area (Å²) in [6.45, 7) is 0. The monoisotopic (exact) mass is 238 g/mol. The SMILES string of the molecule is O=S(=O)(F)CC(O)c1cccc(Cl)c1. The van der Waals surface area contributed by atoms with Crippen molar-refractivity contribution >= 4 is 21.8 Å². The van der Waals surface area contributed by atoms with Gasteiger partial charge in [-0.3, -0.25) is 0 Å². The molecule has 0 saturated carbocycles. The van der Waals surface area contributed by atoms with Crippen molar-refractivity contribution in [2.45, 2.75) is 6.10 Å². The van der Waals surface area contributed by atoms with E-state index >= 15 is 0 Å². The van der Waals surface area contributed by atoms with Gasteiger partial charge >= 0.3 is 10.2 Å². The second-order valence-corrected chi connectivity index (χ2v) is 4.62. The van der Waals surface area contributed by atoms with Crippen molar-refractivity contribution in [1.82, 2.24) is 0 Å². The van der Waals surface area contributed by atoms with Crippen molar-refractivity contribution in [3.8, 4) is 0 Å². The van der Waals surface area contributed by atoms with Gasteiger partial charge in [-0.25, -0.2) is 0 Å². The zero-order chi connectivity index (χ0) is 10.8. The summed E-state index contributed by atoms with van der Waals surface area (Å²) in [6, 6.07) is 5.98. The fraction of sp³-hybridized carbons (Fsp3) is 0.250. The first-order chi connectivity index (χ1) is 6.38. The molecule has 0 aliphatic rings. The van der Waals surface area contributed by atoms with Gasteiger partial charge in [-0.2, -0.15) is 8.42 Å². The normalized spacial score (nSPS) is 13.9. The van der Waals surface area contributed by atoms with E-state index in [0.29, 0.717) is 5.02 Å². The minimum Gasteiger partial charge on any atom is -0.387 e. The van der Waals surface area contributed by atoms with Crippen LogP contribution in [-0.2, 0) is 10.2 Å². The fourth-order valence-electron chi connectivity index (χ4n) is 0.999. The van der Waals surface area contributed by atoms with Gasteiger partial charge in [0.15, 0.2) is 0 Å². The van der Waals surface area contributed by atoms with Gasteiger partial charge in [0, 0.05) is 5.02 Å².